The van der Waals surface area contributed by atoms with E-state index >= 15 is 0 Å². The molecule has 14 nitrogen and oxygen atoms in total. The Hall–Kier alpha value is -8.52. The van der Waals surface area contributed by atoms with Gasteiger partial charge in [0.15, 0.2) is 11.6 Å². The van der Waals surface area contributed by atoms with Crippen LogP contribution >= 0.6 is 0 Å². The van der Waals surface area contributed by atoms with Crippen LogP contribution in [-0.2, 0) is 45.7 Å². The first-order chi connectivity index (χ1) is 34.9. The summed E-state index contributed by atoms with van der Waals surface area (Å²) in [5.41, 5.74) is 8.58. The monoisotopic (exact) mass is 944 g/mol. The number of benzene rings is 6. The average molecular weight is 945 g/mol. The minimum Gasteiger partial charge on any atom is -0.489 e. The summed E-state index contributed by atoms with van der Waals surface area (Å²) >= 11 is 0. The maximum atomic E-state index is 6.02. The second-order valence-corrected chi connectivity index (χ2v) is 17.6. The predicted molar refractivity (Wildman–Crippen MR) is 273 cm³/mol. The number of aromatic nitrogens is 10. The van der Waals surface area contributed by atoms with Gasteiger partial charge < -0.3 is 18.9 Å². The molecule has 71 heavy (non-hydrogen) atoms. The van der Waals surface area contributed by atoms with Gasteiger partial charge in [-0.05, 0) is 102 Å². The summed E-state index contributed by atoms with van der Waals surface area (Å²) in [6.07, 6.45) is 4.66. The molecule has 2 unspecified atom stereocenters. The number of fused-ring (bicyclic) bond motifs is 2. The lowest BCUT2D eigenvalue weighted by Crippen LogP contribution is -2.03. The quantitative estimate of drug-likeness (QED) is 0.0699. The van der Waals surface area contributed by atoms with Crippen LogP contribution in [0.5, 0.6) is 23.0 Å². The molecule has 10 rings (SSSR count). The van der Waals surface area contributed by atoms with Crippen LogP contribution < -0.4 is 18.9 Å². The van der Waals surface area contributed by atoms with Gasteiger partial charge in [0.05, 0.1) is 22.4 Å². The first kappa shape index (κ1) is 47.5. The number of nitrogens with zero attached hydrogens (tertiary/aromatic N) is 8. The van der Waals surface area contributed by atoms with Gasteiger partial charge in [0.1, 0.15) is 49.4 Å². The lowest BCUT2D eigenvalue weighted by atomic mass is 9.95. The van der Waals surface area contributed by atoms with Crippen LogP contribution in [0, 0.1) is 5.92 Å². The standard InChI is InChI=1S/C29H29N5O2.C28H27N5O2/c1-21(9-16-29-31-33-34-32-29)17-22-10-12-23(13-11-22)19-35-26-6-4-7-27(18-26)36-20-25-15-14-24-5-2-3-8-28(24)30-25;1-20(9-16-28-30-32-33-31-28)22-12-10-21(11-13-22)18-34-25-6-4-7-26(17-25)35-19-24-15-14-23-5-2-3-8-27(23)29-24/h2-8,10-15,18,21H,9,16-17,19-20H2,1H3,(H,31,32,33,34);2-8,10-15,17,20H,9,16,18-19H2,1H3,(H,30,31,32,33). The highest BCUT2D eigenvalue weighted by Crippen LogP contribution is 2.26. The molecule has 4 heterocycles. The van der Waals surface area contributed by atoms with Gasteiger partial charge in [-0.3, -0.25) is 0 Å². The Labute approximate surface area is 412 Å². The lowest BCUT2D eigenvalue weighted by molar-refractivity contribution is 0.287. The number of aromatic amines is 2. The van der Waals surface area contributed by atoms with Gasteiger partial charge in [0, 0.05) is 35.7 Å². The molecule has 4 aromatic heterocycles. The molecule has 0 aliphatic heterocycles. The van der Waals surface area contributed by atoms with Gasteiger partial charge in [-0.2, -0.15) is 10.4 Å². The number of tetrazole rings is 2. The fraction of sp³-hybridized carbons (Fsp3) is 0.228. The van der Waals surface area contributed by atoms with Gasteiger partial charge in [-0.1, -0.05) is 133 Å². The van der Waals surface area contributed by atoms with Crippen LogP contribution in [0.15, 0.2) is 170 Å². The van der Waals surface area contributed by atoms with E-state index in [1.807, 2.05) is 97.1 Å². The molecule has 0 saturated carbocycles. The van der Waals surface area contributed by atoms with Crippen molar-refractivity contribution in [3.63, 3.8) is 0 Å². The summed E-state index contributed by atoms with van der Waals surface area (Å²) in [6.45, 7) is 6.27. The van der Waals surface area contributed by atoms with E-state index in [9.17, 15) is 0 Å². The van der Waals surface area contributed by atoms with Crippen molar-refractivity contribution in [2.75, 3.05) is 0 Å². The van der Waals surface area contributed by atoms with Gasteiger partial charge >= 0.3 is 0 Å². The van der Waals surface area contributed by atoms with Gasteiger partial charge in [0.2, 0.25) is 0 Å². The molecule has 0 spiro atoms. The van der Waals surface area contributed by atoms with E-state index in [1.165, 1.54) is 11.1 Å². The highest BCUT2D eigenvalue weighted by molar-refractivity contribution is 5.79. The van der Waals surface area contributed by atoms with E-state index in [2.05, 4.69) is 138 Å². The second kappa shape index (κ2) is 24.2. The number of pyridine rings is 2. The van der Waals surface area contributed by atoms with Gasteiger partial charge in [-0.25, -0.2) is 9.97 Å². The fourth-order valence-corrected chi connectivity index (χ4v) is 8.02. The maximum Gasteiger partial charge on any atom is 0.174 e. The molecule has 10 aromatic rings. The second-order valence-electron chi connectivity index (χ2n) is 17.6. The van der Waals surface area contributed by atoms with Crippen LogP contribution in [0.1, 0.15) is 77.9 Å². The Bertz CT molecular complexity index is 3190. The SMILES string of the molecule is CC(CCc1nn[nH]n1)Cc1ccc(COc2cccc(OCc3ccc4ccccc4n3)c2)cc1.CC(CCc1nn[nH]n1)c1ccc(COc2cccc(OCc3ccc4ccccc4n3)c2)cc1. The summed E-state index contributed by atoms with van der Waals surface area (Å²) in [7, 11) is 0. The third kappa shape index (κ3) is 14.3. The third-order valence-corrected chi connectivity index (χ3v) is 12.1. The maximum absolute atomic E-state index is 6.02. The molecule has 0 aliphatic rings. The molecule has 2 N–H and O–H groups in total. The Morgan fingerprint density at radius 1 is 0.437 bits per heavy atom. The van der Waals surface area contributed by atoms with Crippen molar-refractivity contribution in [3.05, 3.63) is 215 Å². The molecular weight excluding hydrogens is 889 g/mol. The largest absolute Gasteiger partial charge is 0.489 e. The van der Waals surface area contributed by atoms with Crippen molar-refractivity contribution >= 4 is 21.8 Å². The van der Waals surface area contributed by atoms with E-state index in [-0.39, 0.29) is 0 Å². The molecule has 6 aromatic carbocycles. The zero-order valence-corrected chi connectivity index (χ0v) is 39.9. The predicted octanol–water partition coefficient (Wildman–Crippen LogP) is 11.4. The number of ether oxygens (including phenoxy) is 4. The van der Waals surface area contributed by atoms with Crippen LogP contribution in [0.4, 0.5) is 0 Å². The van der Waals surface area contributed by atoms with Crippen molar-refractivity contribution in [1.82, 2.24) is 51.2 Å². The summed E-state index contributed by atoms with van der Waals surface area (Å²) in [5, 5.41) is 30.5. The molecule has 0 amide bonds. The summed E-state index contributed by atoms with van der Waals surface area (Å²) in [6, 6.07) is 56.9. The Morgan fingerprint density at radius 3 is 1.38 bits per heavy atom. The van der Waals surface area contributed by atoms with Crippen molar-refractivity contribution in [1.29, 1.82) is 0 Å². The molecule has 0 saturated heterocycles. The van der Waals surface area contributed by atoms with Crippen LogP contribution in [-0.4, -0.2) is 51.2 Å². The summed E-state index contributed by atoms with van der Waals surface area (Å²) in [4.78, 5) is 9.34. The number of para-hydroxylation sites is 2. The number of hydrogen-bond donors (Lipinski definition) is 2. The number of rotatable bonds is 21. The molecule has 14 heteroatoms. The van der Waals surface area contributed by atoms with Crippen molar-refractivity contribution in [2.24, 2.45) is 5.92 Å². The summed E-state index contributed by atoms with van der Waals surface area (Å²) in [5.74, 6) is 5.53. The molecule has 0 radical (unpaired) electrons. The smallest absolute Gasteiger partial charge is 0.174 e. The van der Waals surface area contributed by atoms with Crippen molar-refractivity contribution in [3.8, 4) is 23.0 Å². The number of aryl methyl sites for hydroxylation is 2. The number of hydrogen-bond acceptors (Lipinski definition) is 12. The van der Waals surface area contributed by atoms with E-state index in [0.717, 1.165) is 111 Å². The van der Waals surface area contributed by atoms with Crippen LogP contribution in [0.2, 0.25) is 0 Å². The van der Waals surface area contributed by atoms with Crippen LogP contribution in [0.3, 0.4) is 0 Å². The fourth-order valence-electron chi connectivity index (χ4n) is 8.02. The van der Waals surface area contributed by atoms with Gasteiger partial charge in [0.25, 0.3) is 0 Å². The van der Waals surface area contributed by atoms with E-state index in [1.54, 1.807) is 0 Å². The normalized spacial score (nSPS) is 11.9. The van der Waals surface area contributed by atoms with Gasteiger partial charge in [-0.15, -0.1) is 20.4 Å². The minimum atomic E-state index is 0.403. The molecule has 358 valence electrons. The highest BCUT2D eigenvalue weighted by atomic mass is 16.5. The molecule has 0 aliphatic carbocycles. The Balaban J connectivity index is 0.000000176. The van der Waals surface area contributed by atoms with Crippen molar-refractivity contribution < 1.29 is 18.9 Å². The van der Waals surface area contributed by atoms with E-state index < -0.39 is 0 Å². The molecule has 0 bridgehead atoms. The first-order valence-electron chi connectivity index (χ1n) is 24.0. The number of nitrogens with one attached hydrogen (secondary N) is 2. The Morgan fingerprint density at radius 2 is 0.887 bits per heavy atom. The first-order valence-corrected chi connectivity index (χ1v) is 24.0. The molecular formula is C57H56N10O4. The van der Waals surface area contributed by atoms with E-state index in [4.69, 9.17) is 18.9 Å². The lowest BCUT2D eigenvalue weighted by Gasteiger charge is -2.12. The van der Waals surface area contributed by atoms with E-state index in [0.29, 0.717) is 38.3 Å². The third-order valence-electron chi connectivity index (χ3n) is 12.1. The summed E-state index contributed by atoms with van der Waals surface area (Å²) < 4.78 is 24.0. The molecule has 0 fully saturated rings. The van der Waals surface area contributed by atoms with Crippen molar-refractivity contribution in [2.45, 2.75) is 78.3 Å². The highest BCUT2D eigenvalue weighted by Gasteiger charge is 2.11. The number of H-pyrrole nitrogens is 2. The molecule has 2 atom stereocenters. The zero-order chi connectivity index (χ0) is 48.5. The van der Waals surface area contributed by atoms with Crippen LogP contribution in [0.25, 0.3) is 21.8 Å². The average Bonchev–Trinajstić information content (AvgIpc) is 4.16. The topological polar surface area (TPSA) is 172 Å². The zero-order valence-electron chi connectivity index (χ0n) is 39.9. The Kier molecular flexibility index (Phi) is 16.2. The minimum absolute atomic E-state index is 0.403.